The lowest BCUT2D eigenvalue weighted by Crippen LogP contribution is -2.35. The Labute approximate surface area is 184 Å². The van der Waals surface area contributed by atoms with Crippen molar-refractivity contribution in [1.29, 1.82) is 0 Å². The van der Waals surface area contributed by atoms with Crippen LogP contribution in [-0.2, 0) is 26.5 Å². The first-order valence-electron chi connectivity index (χ1n) is 9.27. The highest BCUT2D eigenvalue weighted by Crippen LogP contribution is 2.34. The average Bonchev–Trinajstić information content (AvgIpc) is 2.73. The van der Waals surface area contributed by atoms with Gasteiger partial charge >= 0.3 is 0 Å². The number of halogens is 1. The molecule has 3 aromatic rings. The van der Waals surface area contributed by atoms with Crippen LogP contribution in [0.1, 0.15) is 12.0 Å². The van der Waals surface area contributed by atoms with Gasteiger partial charge in [-0.05, 0) is 76.8 Å². The van der Waals surface area contributed by atoms with Crippen LogP contribution in [0.4, 0.5) is 11.4 Å². The van der Waals surface area contributed by atoms with Gasteiger partial charge in [0.1, 0.15) is 4.90 Å². The maximum Gasteiger partial charge on any atom is 0.264 e. The first-order chi connectivity index (χ1) is 14.3. The zero-order chi connectivity index (χ0) is 21.4. The largest absolute Gasteiger partial charge is 0.280 e. The fraction of sp³-hybridized carbons (Fsp3) is 0.143. The van der Waals surface area contributed by atoms with Gasteiger partial charge in [-0.3, -0.25) is 9.03 Å². The number of rotatable bonds is 5. The Hall–Kier alpha value is -2.36. The van der Waals surface area contributed by atoms with Crippen LogP contribution in [0.3, 0.4) is 0 Å². The molecule has 9 heteroatoms. The molecule has 0 fully saturated rings. The molecule has 6 nitrogen and oxygen atoms in total. The van der Waals surface area contributed by atoms with Crippen LogP contribution >= 0.6 is 15.9 Å². The number of fused-ring (bicyclic) bond motifs is 1. The van der Waals surface area contributed by atoms with E-state index in [0.717, 1.165) is 5.56 Å². The van der Waals surface area contributed by atoms with Crippen LogP contribution in [0.5, 0.6) is 0 Å². The number of nitrogens with zero attached hydrogens (tertiary/aromatic N) is 1. The second-order valence-electron chi connectivity index (χ2n) is 6.87. The van der Waals surface area contributed by atoms with Crippen LogP contribution in [0.2, 0.25) is 0 Å². The van der Waals surface area contributed by atoms with E-state index in [2.05, 4.69) is 20.7 Å². The molecule has 156 valence electrons. The first-order valence-corrected chi connectivity index (χ1v) is 13.0. The molecular weight excluding hydrogens is 488 g/mol. The molecule has 1 aliphatic heterocycles. The lowest BCUT2D eigenvalue weighted by Gasteiger charge is -2.31. The molecule has 3 aromatic carbocycles. The fourth-order valence-corrected chi connectivity index (χ4v) is 7.08. The highest BCUT2D eigenvalue weighted by atomic mass is 79.9. The van der Waals surface area contributed by atoms with E-state index in [0.29, 0.717) is 35.2 Å². The maximum absolute atomic E-state index is 13.1. The van der Waals surface area contributed by atoms with Crippen LogP contribution in [0.15, 0.2) is 87.1 Å². The van der Waals surface area contributed by atoms with Crippen molar-refractivity contribution in [2.24, 2.45) is 0 Å². The predicted octanol–water partition coefficient (Wildman–Crippen LogP) is 4.39. The Morgan fingerprint density at radius 1 is 0.867 bits per heavy atom. The summed E-state index contributed by atoms with van der Waals surface area (Å²) in [5.41, 5.74) is 1.76. The highest BCUT2D eigenvalue weighted by molar-refractivity contribution is 9.10. The summed E-state index contributed by atoms with van der Waals surface area (Å²) in [4.78, 5) is 0.368. The number of aryl methyl sites for hydroxylation is 1. The Kier molecular flexibility index (Phi) is 5.61. The second kappa shape index (κ2) is 8.05. The minimum atomic E-state index is -3.78. The smallest absolute Gasteiger partial charge is 0.264 e. The summed E-state index contributed by atoms with van der Waals surface area (Å²) in [7, 11) is -7.47. The SMILES string of the molecule is O=S(=O)(Nc1ccc2c(c1)CCCN2S(=O)(=O)c1ccccc1)c1ccccc1Br. The molecule has 1 N–H and O–H groups in total. The van der Waals surface area contributed by atoms with Gasteiger partial charge in [-0.25, -0.2) is 16.8 Å². The van der Waals surface area contributed by atoms with Gasteiger partial charge in [0.2, 0.25) is 0 Å². The number of nitrogens with one attached hydrogen (secondary N) is 1. The van der Waals surface area contributed by atoms with Gasteiger partial charge in [0.25, 0.3) is 20.0 Å². The molecule has 0 saturated carbocycles. The van der Waals surface area contributed by atoms with Gasteiger partial charge in [-0.15, -0.1) is 0 Å². The van der Waals surface area contributed by atoms with E-state index in [1.165, 1.54) is 10.4 Å². The average molecular weight is 507 g/mol. The van der Waals surface area contributed by atoms with E-state index < -0.39 is 20.0 Å². The summed E-state index contributed by atoms with van der Waals surface area (Å²) in [6.07, 6.45) is 1.32. The summed E-state index contributed by atoms with van der Waals surface area (Å²) in [6, 6.07) is 19.8. The van der Waals surface area contributed by atoms with Gasteiger partial charge in [0.05, 0.1) is 10.6 Å². The van der Waals surface area contributed by atoms with Crippen molar-refractivity contribution in [3.05, 3.63) is 82.8 Å². The van der Waals surface area contributed by atoms with E-state index in [9.17, 15) is 16.8 Å². The molecule has 0 spiro atoms. The van der Waals surface area contributed by atoms with Gasteiger partial charge in [0, 0.05) is 16.7 Å². The topological polar surface area (TPSA) is 83.6 Å². The van der Waals surface area contributed by atoms with Crippen molar-refractivity contribution in [3.8, 4) is 0 Å². The van der Waals surface area contributed by atoms with Gasteiger partial charge in [-0.2, -0.15) is 0 Å². The number of anilines is 2. The predicted molar refractivity (Wildman–Crippen MR) is 121 cm³/mol. The van der Waals surface area contributed by atoms with Gasteiger partial charge < -0.3 is 0 Å². The zero-order valence-electron chi connectivity index (χ0n) is 15.8. The third-order valence-corrected chi connectivity index (χ3v) is 9.09. The molecule has 1 heterocycles. The minimum Gasteiger partial charge on any atom is -0.280 e. The lowest BCUT2D eigenvalue weighted by atomic mass is 10.0. The molecular formula is C21H19BrN2O4S2. The van der Waals surface area contributed by atoms with Gasteiger partial charge in [0.15, 0.2) is 0 Å². The maximum atomic E-state index is 13.1. The van der Waals surface area contributed by atoms with Gasteiger partial charge in [-0.1, -0.05) is 30.3 Å². The van der Waals surface area contributed by atoms with Crippen LogP contribution < -0.4 is 9.03 Å². The lowest BCUT2D eigenvalue weighted by molar-refractivity contribution is 0.586. The molecule has 0 aromatic heterocycles. The summed E-state index contributed by atoms with van der Waals surface area (Å²) in [5.74, 6) is 0. The molecule has 0 radical (unpaired) electrons. The Bertz CT molecular complexity index is 1290. The minimum absolute atomic E-state index is 0.135. The van der Waals surface area contributed by atoms with Crippen molar-refractivity contribution in [2.45, 2.75) is 22.6 Å². The Morgan fingerprint density at radius 3 is 2.30 bits per heavy atom. The van der Waals surface area contributed by atoms with Crippen molar-refractivity contribution < 1.29 is 16.8 Å². The molecule has 0 aliphatic carbocycles. The van der Waals surface area contributed by atoms with Crippen molar-refractivity contribution in [1.82, 2.24) is 0 Å². The molecule has 1 aliphatic rings. The summed E-state index contributed by atoms with van der Waals surface area (Å²) in [5, 5.41) is 0. The molecule has 30 heavy (non-hydrogen) atoms. The fourth-order valence-electron chi connectivity index (χ4n) is 3.47. The zero-order valence-corrected chi connectivity index (χ0v) is 19.0. The quantitative estimate of drug-likeness (QED) is 0.555. The molecule has 4 rings (SSSR count). The number of hydrogen-bond donors (Lipinski definition) is 1. The Balaban J connectivity index is 1.67. The molecule has 0 saturated heterocycles. The third kappa shape index (κ3) is 3.97. The summed E-state index contributed by atoms with van der Waals surface area (Å²) in [6.45, 7) is 0.381. The summed E-state index contributed by atoms with van der Waals surface area (Å²) >= 11 is 3.26. The van der Waals surface area contributed by atoms with E-state index in [1.54, 1.807) is 66.7 Å². The van der Waals surface area contributed by atoms with Crippen molar-refractivity contribution in [3.63, 3.8) is 0 Å². The highest BCUT2D eigenvalue weighted by Gasteiger charge is 2.29. The van der Waals surface area contributed by atoms with Crippen LogP contribution in [0.25, 0.3) is 0 Å². The number of hydrogen-bond acceptors (Lipinski definition) is 4. The second-order valence-corrected chi connectivity index (χ2v) is 11.2. The summed E-state index contributed by atoms with van der Waals surface area (Å²) < 4.78 is 56.1. The van der Waals surface area contributed by atoms with Crippen LogP contribution in [0, 0.1) is 0 Å². The van der Waals surface area contributed by atoms with Crippen molar-refractivity contribution >= 4 is 47.4 Å². The van der Waals surface area contributed by atoms with Crippen molar-refractivity contribution in [2.75, 3.05) is 15.6 Å². The van der Waals surface area contributed by atoms with E-state index in [4.69, 9.17) is 0 Å². The molecule has 0 atom stereocenters. The molecule has 0 bridgehead atoms. The Morgan fingerprint density at radius 2 is 1.57 bits per heavy atom. The third-order valence-electron chi connectivity index (χ3n) is 4.87. The van der Waals surface area contributed by atoms with E-state index in [-0.39, 0.29) is 9.79 Å². The molecule has 0 unspecified atom stereocenters. The van der Waals surface area contributed by atoms with E-state index in [1.807, 2.05) is 0 Å². The monoisotopic (exact) mass is 506 g/mol. The number of benzene rings is 3. The first kappa shape index (κ1) is 20.9. The van der Waals surface area contributed by atoms with E-state index >= 15 is 0 Å². The number of sulfonamides is 2. The van der Waals surface area contributed by atoms with Crippen LogP contribution in [-0.4, -0.2) is 23.4 Å². The normalized spacial score (nSPS) is 14.2. The standard InChI is InChI=1S/C21H19BrN2O4S2/c22-19-10-4-5-11-21(19)29(25,26)23-17-12-13-20-16(15-17)7-6-14-24(20)30(27,28)18-8-2-1-3-9-18/h1-5,8-13,15,23H,6-7,14H2. The molecule has 0 amide bonds.